The Morgan fingerprint density at radius 3 is 0.690 bits per heavy atom. The Balaban J connectivity index is 0.000000200. The number of rotatable bonds is 4. The van der Waals surface area contributed by atoms with E-state index < -0.39 is 22.4 Å². The van der Waals surface area contributed by atoms with Crippen LogP contribution in [0.25, 0.3) is 0 Å². The van der Waals surface area contributed by atoms with E-state index in [2.05, 4.69) is 0 Å². The summed E-state index contributed by atoms with van der Waals surface area (Å²) in [6, 6.07) is 37.9. The van der Waals surface area contributed by atoms with Crippen molar-refractivity contribution < 1.29 is 14.6 Å². The lowest BCUT2D eigenvalue weighted by molar-refractivity contribution is 0.594. The molecular weight excluding hydrogens is 400 g/mol. The molecule has 3 nitrogen and oxygen atoms in total. The highest BCUT2D eigenvalue weighted by atomic mass is 32.2. The molecular formula is C24H22O3S2. The van der Waals surface area contributed by atoms with Crippen molar-refractivity contribution in [1.29, 1.82) is 0 Å². The Kier molecular flexibility index (Phi) is 9.50. The van der Waals surface area contributed by atoms with Gasteiger partial charge < -0.3 is 14.6 Å². The first-order valence-electron chi connectivity index (χ1n) is 8.79. The van der Waals surface area contributed by atoms with Crippen LogP contribution in [-0.4, -0.2) is 14.6 Å². The average molecular weight is 423 g/mol. The molecule has 0 saturated carbocycles. The second-order valence-corrected chi connectivity index (χ2v) is 8.75. The van der Waals surface area contributed by atoms with Crippen molar-refractivity contribution >= 4 is 22.4 Å². The molecule has 4 aromatic carbocycles. The maximum Gasteiger partial charge on any atom is 0.158 e. The maximum absolute atomic E-state index is 12.0. The van der Waals surface area contributed by atoms with Gasteiger partial charge in [0.2, 0.25) is 0 Å². The predicted octanol–water partition coefficient (Wildman–Crippen LogP) is 4.88. The van der Waals surface area contributed by atoms with Gasteiger partial charge in [-0.3, -0.25) is 0 Å². The second kappa shape index (κ2) is 12.1. The van der Waals surface area contributed by atoms with E-state index in [1.165, 1.54) is 0 Å². The van der Waals surface area contributed by atoms with Crippen LogP contribution >= 0.6 is 0 Å². The largest absolute Gasteiger partial charge is 0.606 e. The Bertz CT molecular complexity index is 777. The fraction of sp³-hybridized carbons (Fsp3) is 0. The van der Waals surface area contributed by atoms with E-state index in [0.717, 1.165) is 19.6 Å². The molecule has 0 bridgehead atoms. The van der Waals surface area contributed by atoms with Crippen molar-refractivity contribution in [3.05, 3.63) is 121 Å². The molecule has 0 heterocycles. The molecule has 5 heteroatoms. The Labute approximate surface area is 177 Å². The topological polar surface area (TPSA) is 77.6 Å². The van der Waals surface area contributed by atoms with Gasteiger partial charge in [0, 0.05) is 22.4 Å². The quantitative estimate of drug-likeness (QED) is 0.439. The van der Waals surface area contributed by atoms with Crippen LogP contribution in [0.15, 0.2) is 141 Å². The first-order chi connectivity index (χ1) is 13.8. The lowest BCUT2D eigenvalue weighted by Gasteiger charge is -2.08. The number of benzene rings is 4. The second-order valence-electron chi connectivity index (χ2n) is 5.79. The average Bonchev–Trinajstić information content (AvgIpc) is 2.81. The minimum atomic E-state index is -1.05. The first kappa shape index (κ1) is 22.7. The van der Waals surface area contributed by atoms with Crippen LogP contribution in [0.2, 0.25) is 0 Å². The predicted molar refractivity (Wildman–Crippen MR) is 119 cm³/mol. The summed E-state index contributed by atoms with van der Waals surface area (Å²) in [5.41, 5.74) is 0. The molecule has 0 unspecified atom stereocenters. The van der Waals surface area contributed by atoms with Gasteiger partial charge in [-0.15, -0.1) is 0 Å². The van der Waals surface area contributed by atoms with Gasteiger partial charge in [-0.1, -0.05) is 72.8 Å². The lowest BCUT2D eigenvalue weighted by atomic mass is 10.4. The van der Waals surface area contributed by atoms with Crippen LogP contribution in [0.5, 0.6) is 0 Å². The van der Waals surface area contributed by atoms with Crippen molar-refractivity contribution in [1.82, 2.24) is 0 Å². The minimum Gasteiger partial charge on any atom is -0.606 e. The molecule has 0 amide bonds. The Morgan fingerprint density at radius 2 is 0.517 bits per heavy atom. The first-order valence-corrected chi connectivity index (χ1v) is 11.1. The Hall–Kier alpha value is -2.54. The Morgan fingerprint density at radius 1 is 0.345 bits per heavy atom. The molecule has 4 rings (SSSR count). The molecule has 29 heavy (non-hydrogen) atoms. The number of hydrogen-bond acceptors (Lipinski definition) is 2. The van der Waals surface area contributed by atoms with Gasteiger partial charge in [-0.05, 0) is 48.5 Å². The maximum atomic E-state index is 12.0. The van der Waals surface area contributed by atoms with E-state index in [0.29, 0.717) is 0 Å². The smallest absolute Gasteiger partial charge is 0.158 e. The zero-order chi connectivity index (χ0) is 19.6. The molecule has 0 spiro atoms. The normalized spacial score (nSPS) is 10.1. The van der Waals surface area contributed by atoms with Gasteiger partial charge >= 0.3 is 0 Å². The molecule has 0 saturated heterocycles. The van der Waals surface area contributed by atoms with Crippen LogP contribution in [-0.2, 0) is 22.4 Å². The molecule has 0 atom stereocenters. The molecule has 0 radical (unpaired) electrons. The summed E-state index contributed by atoms with van der Waals surface area (Å²) in [6.45, 7) is 0. The molecule has 0 aliphatic carbocycles. The van der Waals surface area contributed by atoms with E-state index in [1.807, 2.05) is 121 Å². The van der Waals surface area contributed by atoms with E-state index >= 15 is 0 Å². The van der Waals surface area contributed by atoms with E-state index in [-0.39, 0.29) is 5.48 Å². The van der Waals surface area contributed by atoms with Crippen LogP contribution in [0, 0.1) is 0 Å². The van der Waals surface area contributed by atoms with Crippen LogP contribution in [0.1, 0.15) is 0 Å². The summed E-state index contributed by atoms with van der Waals surface area (Å²) in [7, 11) is 0. The fourth-order valence-corrected chi connectivity index (χ4v) is 4.61. The standard InChI is InChI=1S/2C12H10OS.H2O/c2*13-14(11-7-3-1-4-8-11)12-9-5-2-6-10-12;/h2*1-10H;1H2. The van der Waals surface area contributed by atoms with Crippen molar-refractivity contribution in [2.45, 2.75) is 19.6 Å². The van der Waals surface area contributed by atoms with Gasteiger partial charge in [-0.2, -0.15) is 0 Å². The van der Waals surface area contributed by atoms with Crippen molar-refractivity contribution in [2.75, 3.05) is 0 Å². The van der Waals surface area contributed by atoms with Crippen LogP contribution in [0.3, 0.4) is 0 Å². The third-order valence-electron chi connectivity index (χ3n) is 3.83. The minimum absolute atomic E-state index is 0. The van der Waals surface area contributed by atoms with Gasteiger partial charge in [0.05, 0.1) is 0 Å². The molecule has 0 fully saturated rings. The summed E-state index contributed by atoms with van der Waals surface area (Å²) in [5, 5.41) is 0. The van der Waals surface area contributed by atoms with E-state index in [4.69, 9.17) is 0 Å². The molecule has 148 valence electrons. The highest BCUT2D eigenvalue weighted by Gasteiger charge is 2.13. The molecule has 2 N–H and O–H groups in total. The molecule has 4 aromatic rings. The molecule has 0 aromatic heterocycles. The number of hydrogen-bond donors (Lipinski definition) is 0. The fourth-order valence-electron chi connectivity index (χ4n) is 2.45. The summed E-state index contributed by atoms with van der Waals surface area (Å²) >= 11 is -2.09. The lowest BCUT2D eigenvalue weighted by Crippen LogP contribution is -2.00. The van der Waals surface area contributed by atoms with E-state index in [1.54, 1.807) is 0 Å². The van der Waals surface area contributed by atoms with Gasteiger partial charge in [0.15, 0.2) is 19.6 Å². The summed E-state index contributed by atoms with van der Waals surface area (Å²) in [4.78, 5) is 3.38. The van der Waals surface area contributed by atoms with Gasteiger partial charge in [-0.25, -0.2) is 0 Å². The highest BCUT2D eigenvalue weighted by molar-refractivity contribution is 7.91. The van der Waals surface area contributed by atoms with Crippen molar-refractivity contribution in [3.8, 4) is 0 Å². The van der Waals surface area contributed by atoms with Gasteiger partial charge in [0.1, 0.15) is 0 Å². The van der Waals surface area contributed by atoms with Crippen molar-refractivity contribution in [2.24, 2.45) is 0 Å². The van der Waals surface area contributed by atoms with Crippen LogP contribution in [0.4, 0.5) is 0 Å². The third kappa shape index (κ3) is 6.78. The summed E-state index contributed by atoms with van der Waals surface area (Å²) < 4.78 is 23.9. The zero-order valence-corrected chi connectivity index (χ0v) is 17.3. The van der Waals surface area contributed by atoms with Crippen molar-refractivity contribution in [3.63, 3.8) is 0 Å². The molecule has 0 aliphatic heterocycles. The van der Waals surface area contributed by atoms with Crippen LogP contribution < -0.4 is 0 Å². The van der Waals surface area contributed by atoms with E-state index in [9.17, 15) is 9.11 Å². The molecule has 0 aliphatic rings. The highest BCUT2D eigenvalue weighted by Crippen LogP contribution is 2.20. The third-order valence-corrected chi connectivity index (χ3v) is 6.63. The zero-order valence-electron chi connectivity index (χ0n) is 15.7. The summed E-state index contributed by atoms with van der Waals surface area (Å²) in [6.07, 6.45) is 0. The van der Waals surface area contributed by atoms with Gasteiger partial charge in [0.25, 0.3) is 0 Å². The SMILES string of the molecule is O.[O-][S+](c1ccccc1)c1ccccc1.[O-][S+](c1ccccc1)c1ccccc1. The summed E-state index contributed by atoms with van der Waals surface area (Å²) in [5.74, 6) is 0. The monoisotopic (exact) mass is 422 g/mol.